The molecule has 0 bridgehead atoms. The largest absolute Gasteiger partial charge is 0.465 e. The van der Waals surface area contributed by atoms with Gasteiger partial charge in [0.1, 0.15) is 79.3 Å². The molecule has 106 heavy (non-hydrogen) atoms. The molecule has 614 valence electrons. The van der Waals surface area contributed by atoms with Gasteiger partial charge in [-0.25, -0.2) is 4.79 Å². The Bertz CT molecular complexity index is 2270. The molecule has 0 heterocycles. The molecule has 10 atom stereocenters. The van der Waals surface area contributed by atoms with Crippen molar-refractivity contribution in [3.05, 3.63) is 0 Å². The van der Waals surface area contributed by atoms with Gasteiger partial charge in [0.25, 0.3) is 0 Å². The number of esters is 11. The van der Waals surface area contributed by atoms with Gasteiger partial charge in [0, 0.05) is 13.0 Å². The number of unbranched alkanes of at least 4 members (excludes halogenated alkanes) is 4. The van der Waals surface area contributed by atoms with Gasteiger partial charge < -0.3 is 71.6 Å². The molecule has 0 aliphatic rings. The second kappa shape index (κ2) is 54.0. The van der Waals surface area contributed by atoms with E-state index >= 15 is 0 Å². The minimum absolute atomic E-state index is 0.0383. The zero-order chi connectivity index (χ0) is 80.6. The molecule has 1 amide bonds. The summed E-state index contributed by atoms with van der Waals surface area (Å²) in [5.41, 5.74) is -6.05. The molecule has 27 nitrogen and oxygen atoms in total. The van der Waals surface area contributed by atoms with E-state index in [2.05, 4.69) is 5.32 Å². The Morgan fingerprint density at radius 2 is 0.396 bits per heavy atom. The lowest BCUT2D eigenvalue weighted by Gasteiger charge is -2.36. The highest BCUT2D eigenvalue weighted by Gasteiger charge is 2.45. The van der Waals surface area contributed by atoms with Crippen molar-refractivity contribution in [1.82, 2.24) is 5.32 Å². The van der Waals surface area contributed by atoms with Gasteiger partial charge in [-0.3, -0.25) is 52.7 Å². The highest BCUT2D eigenvalue weighted by molar-refractivity contribution is 5.76. The standard InChI is InChI=1S/C79H137NO26/c1-21-54(11)65(82)96-43-76(44-97-66(83)55(12)22-2,38-93-39-77(45-98-67(84)56(13)23-3,46-99-68(85)57(14)24-4)47-100-69(86)58(15)25-5)42-95-64(81)36-34-32-31-33-35-37-80-75(92)106-53-79(51-104-73(90)62(19)29-9,52-105-74(91)63(20)30-10)41-94-40-78(48-101-70(87)59(16)26-6,49-102-71(88)60(17)27-7)50-103-72(89)61(18)28-8/h54-63H,21-53H2,1-20H3,(H,80,92). The lowest BCUT2D eigenvalue weighted by molar-refractivity contribution is -0.181. The molecular formula is C79H137NO26. The van der Waals surface area contributed by atoms with Gasteiger partial charge in [-0.15, -0.1) is 0 Å². The quantitative estimate of drug-likeness (QED) is 0.0336. The molecule has 1 N–H and O–H groups in total. The molecular weight excluding hydrogens is 1380 g/mol. The van der Waals surface area contributed by atoms with Gasteiger partial charge in [0.2, 0.25) is 0 Å². The van der Waals surface area contributed by atoms with Crippen molar-refractivity contribution in [2.75, 3.05) is 112 Å². The summed E-state index contributed by atoms with van der Waals surface area (Å²) in [6, 6.07) is 0. The van der Waals surface area contributed by atoms with Gasteiger partial charge in [-0.1, -0.05) is 158 Å². The molecule has 0 saturated heterocycles. The fourth-order valence-corrected chi connectivity index (χ4v) is 8.99. The van der Waals surface area contributed by atoms with Crippen LogP contribution in [0.3, 0.4) is 0 Å². The SMILES string of the molecule is CCC(C)C(=O)OCC(COCC(COC(=O)C(C)CC)(COC(=O)C(C)CC)COC(=O)C(C)CC)(COC(=O)CCCCCCCNC(=O)OCC(COCC(COC(=O)C(C)CC)(COC(=O)C(C)CC)COC(=O)C(C)CC)(COC(=O)C(C)CC)COC(=O)C(C)CC)COC(=O)C(C)CC. The van der Waals surface area contributed by atoms with Crippen LogP contribution >= 0.6 is 0 Å². The minimum Gasteiger partial charge on any atom is -0.465 e. The van der Waals surface area contributed by atoms with Crippen molar-refractivity contribution < 1.29 is 124 Å². The zero-order valence-corrected chi connectivity index (χ0v) is 68.2. The monoisotopic (exact) mass is 1520 g/mol. The van der Waals surface area contributed by atoms with Gasteiger partial charge in [-0.05, 0) is 77.0 Å². The molecule has 0 aromatic carbocycles. The van der Waals surface area contributed by atoms with Gasteiger partial charge in [0.05, 0.1) is 107 Å². The number of hydrogen-bond acceptors (Lipinski definition) is 26. The molecule has 0 aromatic heterocycles. The first kappa shape index (κ1) is 99.4. The Balaban J connectivity index is 6.92. The third kappa shape index (κ3) is 38.9. The van der Waals surface area contributed by atoms with Crippen LogP contribution in [0.2, 0.25) is 0 Å². The minimum atomic E-state index is -1.56. The fraction of sp³-hybridized carbons (Fsp3) is 0.848. The van der Waals surface area contributed by atoms with Crippen LogP contribution in [0.4, 0.5) is 4.79 Å². The van der Waals surface area contributed by atoms with Crippen molar-refractivity contribution in [3.8, 4) is 0 Å². The summed E-state index contributed by atoms with van der Waals surface area (Å²) in [5.74, 6) is -11.3. The topological polar surface area (TPSA) is 346 Å². The lowest BCUT2D eigenvalue weighted by Crippen LogP contribution is -2.48. The van der Waals surface area contributed by atoms with E-state index in [1.54, 1.807) is 69.2 Å². The molecule has 0 radical (unpaired) electrons. The first-order valence-corrected chi connectivity index (χ1v) is 38.9. The molecule has 10 unspecified atom stereocenters. The predicted molar refractivity (Wildman–Crippen MR) is 394 cm³/mol. The maximum atomic E-state index is 13.7. The van der Waals surface area contributed by atoms with Crippen LogP contribution in [-0.2, 0) is 119 Å². The third-order valence-electron chi connectivity index (χ3n) is 19.9. The third-order valence-corrected chi connectivity index (χ3v) is 19.9. The normalized spacial score (nSPS) is 16.5. The second-order valence-corrected chi connectivity index (χ2v) is 29.8. The molecule has 0 fully saturated rings. The summed E-state index contributed by atoms with van der Waals surface area (Å²) in [5, 5.41) is 2.74. The van der Waals surface area contributed by atoms with Crippen LogP contribution in [0.25, 0.3) is 0 Å². The maximum absolute atomic E-state index is 13.7. The molecule has 0 aliphatic carbocycles. The summed E-state index contributed by atoms with van der Waals surface area (Å²) in [6.45, 7) is 28.5. The van der Waals surface area contributed by atoms with Crippen molar-refractivity contribution >= 4 is 71.8 Å². The number of alkyl carbamates (subject to hydrolysis) is 1. The van der Waals surface area contributed by atoms with E-state index in [-0.39, 0.29) is 32.8 Å². The number of carbonyl (C=O) groups is 12. The number of nitrogens with one attached hydrogen (secondary N) is 1. The number of ether oxygens (including phenoxy) is 14. The molecule has 0 spiro atoms. The number of amides is 1. The van der Waals surface area contributed by atoms with Gasteiger partial charge in [-0.2, -0.15) is 0 Å². The number of rotatable bonds is 60. The second-order valence-electron chi connectivity index (χ2n) is 29.8. The molecule has 0 rings (SSSR count). The Hall–Kier alpha value is -6.64. The van der Waals surface area contributed by atoms with Crippen molar-refractivity contribution in [2.45, 2.75) is 241 Å². The van der Waals surface area contributed by atoms with Crippen molar-refractivity contribution in [1.29, 1.82) is 0 Å². The first-order chi connectivity index (χ1) is 50.1. The zero-order valence-electron chi connectivity index (χ0n) is 68.2. The van der Waals surface area contributed by atoms with Crippen LogP contribution in [0.1, 0.15) is 241 Å². The summed E-state index contributed by atoms with van der Waals surface area (Å²) in [6.07, 6.45) is 6.31. The Morgan fingerprint density at radius 1 is 0.226 bits per heavy atom. The summed E-state index contributed by atoms with van der Waals surface area (Å²) in [4.78, 5) is 160. The smallest absolute Gasteiger partial charge is 0.407 e. The summed E-state index contributed by atoms with van der Waals surface area (Å²) in [7, 11) is 0. The van der Waals surface area contributed by atoms with Crippen LogP contribution < -0.4 is 5.32 Å². The van der Waals surface area contributed by atoms with Crippen molar-refractivity contribution in [3.63, 3.8) is 0 Å². The molecule has 27 heteroatoms. The average molecular weight is 1520 g/mol. The van der Waals surface area contributed by atoms with E-state index in [0.29, 0.717) is 96.3 Å². The van der Waals surface area contributed by atoms with E-state index in [9.17, 15) is 57.5 Å². The number of hydrogen-bond donors (Lipinski definition) is 1. The Labute approximate surface area is 632 Å². The fourth-order valence-electron chi connectivity index (χ4n) is 8.99. The van der Waals surface area contributed by atoms with E-state index < -0.39 is 238 Å². The van der Waals surface area contributed by atoms with Gasteiger partial charge >= 0.3 is 71.8 Å². The highest BCUT2D eigenvalue weighted by Crippen LogP contribution is 2.31. The van der Waals surface area contributed by atoms with Crippen LogP contribution in [0.15, 0.2) is 0 Å². The first-order valence-electron chi connectivity index (χ1n) is 38.9. The van der Waals surface area contributed by atoms with E-state index in [1.165, 1.54) is 0 Å². The Morgan fingerprint density at radius 3 is 0.594 bits per heavy atom. The lowest BCUT2D eigenvalue weighted by atomic mass is 9.90. The number of carbonyl (C=O) groups excluding carboxylic acids is 12. The highest BCUT2D eigenvalue weighted by atomic mass is 16.6. The van der Waals surface area contributed by atoms with Crippen LogP contribution in [0.5, 0.6) is 0 Å². The average Bonchev–Trinajstić information content (AvgIpc) is 0.839. The maximum Gasteiger partial charge on any atom is 0.407 e. The van der Waals surface area contributed by atoms with Crippen LogP contribution in [0, 0.1) is 80.8 Å². The summed E-state index contributed by atoms with van der Waals surface area (Å²) >= 11 is 0. The van der Waals surface area contributed by atoms with Crippen LogP contribution in [-0.4, -0.2) is 184 Å². The van der Waals surface area contributed by atoms with E-state index in [1.807, 2.05) is 69.2 Å². The van der Waals surface area contributed by atoms with Crippen molar-refractivity contribution in [2.24, 2.45) is 80.8 Å². The molecule has 0 aliphatic heterocycles. The predicted octanol–water partition coefficient (Wildman–Crippen LogP) is 12.5. The molecule has 0 aromatic rings. The van der Waals surface area contributed by atoms with E-state index in [0.717, 1.165) is 0 Å². The summed E-state index contributed by atoms with van der Waals surface area (Å²) < 4.78 is 83.0. The Kier molecular flexibility index (Phi) is 50.6. The van der Waals surface area contributed by atoms with Gasteiger partial charge in [0.15, 0.2) is 0 Å². The molecule has 0 saturated carbocycles. The van der Waals surface area contributed by atoms with E-state index in [4.69, 9.17) is 66.3 Å².